The van der Waals surface area contributed by atoms with Crippen molar-refractivity contribution < 1.29 is 14.3 Å². The Kier molecular flexibility index (Phi) is 4.34. The molecule has 118 valence electrons. The predicted octanol–water partition coefficient (Wildman–Crippen LogP) is 3.65. The number of amides is 2. The summed E-state index contributed by atoms with van der Waals surface area (Å²) in [6.45, 7) is 0. The van der Waals surface area contributed by atoms with E-state index in [0.717, 1.165) is 16.5 Å². The predicted molar refractivity (Wildman–Crippen MR) is 90.4 cm³/mol. The molecule has 0 radical (unpaired) electrons. The molecular formula is C17H15BrN2O3. The third kappa shape index (κ3) is 3.90. The van der Waals surface area contributed by atoms with E-state index < -0.39 is 6.09 Å². The van der Waals surface area contributed by atoms with Gasteiger partial charge in [0.1, 0.15) is 6.10 Å². The number of hydrogen-bond donors (Lipinski definition) is 2. The summed E-state index contributed by atoms with van der Waals surface area (Å²) < 4.78 is 5.81. The summed E-state index contributed by atoms with van der Waals surface area (Å²) in [4.78, 5) is 22.9. The van der Waals surface area contributed by atoms with E-state index in [1.165, 1.54) is 0 Å². The van der Waals surface area contributed by atoms with Crippen molar-refractivity contribution in [1.82, 2.24) is 0 Å². The van der Waals surface area contributed by atoms with Crippen LogP contribution in [0.4, 0.5) is 10.5 Å². The van der Waals surface area contributed by atoms with Crippen molar-refractivity contribution in [3.8, 4) is 0 Å². The molecule has 0 aliphatic heterocycles. The van der Waals surface area contributed by atoms with Gasteiger partial charge in [0, 0.05) is 21.6 Å². The summed E-state index contributed by atoms with van der Waals surface area (Å²) in [5.74, 6) is 0.0257. The van der Waals surface area contributed by atoms with Gasteiger partial charge >= 0.3 is 6.09 Å². The minimum atomic E-state index is -0.740. The number of nitrogens with one attached hydrogen (secondary N) is 1. The molecule has 2 atom stereocenters. The summed E-state index contributed by atoms with van der Waals surface area (Å²) in [6.07, 6.45) is -0.0859. The molecule has 1 fully saturated rings. The Hall–Kier alpha value is -2.34. The molecule has 2 unspecified atom stereocenters. The number of nitrogens with two attached hydrogens (primary N) is 1. The number of primary amides is 1. The monoisotopic (exact) mass is 374 g/mol. The number of ether oxygens (including phenoxy) is 1. The maximum Gasteiger partial charge on any atom is 0.404 e. The van der Waals surface area contributed by atoms with E-state index in [2.05, 4.69) is 21.2 Å². The van der Waals surface area contributed by atoms with Gasteiger partial charge in [-0.05, 0) is 42.3 Å². The lowest BCUT2D eigenvalue weighted by Gasteiger charge is -2.07. The van der Waals surface area contributed by atoms with Gasteiger partial charge in [-0.3, -0.25) is 4.79 Å². The van der Waals surface area contributed by atoms with Crippen molar-refractivity contribution in [3.63, 3.8) is 0 Å². The van der Waals surface area contributed by atoms with Gasteiger partial charge in [-0.1, -0.05) is 34.1 Å². The molecular weight excluding hydrogens is 360 g/mol. The third-order valence-corrected chi connectivity index (χ3v) is 4.18. The molecule has 5 nitrogen and oxygen atoms in total. The summed E-state index contributed by atoms with van der Waals surface area (Å²) in [6, 6.07) is 14.7. The van der Waals surface area contributed by atoms with E-state index in [1.807, 2.05) is 36.4 Å². The highest BCUT2D eigenvalue weighted by atomic mass is 79.9. The van der Waals surface area contributed by atoms with Crippen molar-refractivity contribution in [1.29, 1.82) is 0 Å². The van der Waals surface area contributed by atoms with Gasteiger partial charge in [-0.2, -0.15) is 0 Å². The SMILES string of the molecule is NC(=O)OC1CC1c1ccc(NC(=O)c2cccc(Br)c2)cc1. The van der Waals surface area contributed by atoms with Crippen LogP contribution in [0.15, 0.2) is 53.0 Å². The van der Waals surface area contributed by atoms with E-state index in [1.54, 1.807) is 12.1 Å². The highest BCUT2D eigenvalue weighted by Gasteiger charge is 2.41. The first-order valence-corrected chi connectivity index (χ1v) is 7.95. The number of carbonyl (C=O) groups excluding carboxylic acids is 2. The largest absolute Gasteiger partial charge is 0.446 e. The van der Waals surface area contributed by atoms with Crippen LogP contribution in [0.3, 0.4) is 0 Å². The number of halogens is 1. The number of anilines is 1. The quantitative estimate of drug-likeness (QED) is 0.856. The molecule has 0 bridgehead atoms. The molecule has 6 heteroatoms. The van der Waals surface area contributed by atoms with Crippen LogP contribution in [0.2, 0.25) is 0 Å². The molecule has 2 aromatic carbocycles. The highest BCUT2D eigenvalue weighted by Crippen LogP contribution is 2.43. The van der Waals surface area contributed by atoms with Gasteiger partial charge in [0.2, 0.25) is 0 Å². The lowest BCUT2D eigenvalue weighted by molar-refractivity contribution is 0.102. The van der Waals surface area contributed by atoms with Crippen LogP contribution in [-0.2, 0) is 4.74 Å². The molecule has 23 heavy (non-hydrogen) atoms. The smallest absolute Gasteiger partial charge is 0.404 e. The molecule has 0 heterocycles. The summed E-state index contributed by atoms with van der Waals surface area (Å²) in [7, 11) is 0. The Morgan fingerprint density at radius 3 is 2.57 bits per heavy atom. The fraction of sp³-hybridized carbons (Fsp3) is 0.176. The second-order valence-electron chi connectivity index (χ2n) is 5.40. The Morgan fingerprint density at radius 1 is 1.17 bits per heavy atom. The van der Waals surface area contributed by atoms with Crippen LogP contribution in [0.1, 0.15) is 28.3 Å². The maximum absolute atomic E-state index is 12.2. The number of benzene rings is 2. The van der Waals surface area contributed by atoms with E-state index in [0.29, 0.717) is 11.3 Å². The zero-order valence-electron chi connectivity index (χ0n) is 12.2. The molecule has 1 aliphatic carbocycles. The minimum absolute atomic E-state index is 0.130. The van der Waals surface area contributed by atoms with Crippen molar-refractivity contribution in [3.05, 3.63) is 64.1 Å². The summed E-state index contributed by atoms with van der Waals surface area (Å²) in [5, 5.41) is 2.85. The van der Waals surface area contributed by atoms with E-state index in [-0.39, 0.29) is 17.9 Å². The van der Waals surface area contributed by atoms with E-state index >= 15 is 0 Å². The van der Waals surface area contributed by atoms with Crippen molar-refractivity contribution in [2.75, 3.05) is 5.32 Å². The second-order valence-corrected chi connectivity index (χ2v) is 6.32. The average Bonchev–Trinajstić information content (AvgIpc) is 3.26. The van der Waals surface area contributed by atoms with Crippen LogP contribution in [0.25, 0.3) is 0 Å². The minimum Gasteiger partial charge on any atom is -0.446 e. The Bertz CT molecular complexity index is 746. The first-order valence-electron chi connectivity index (χ1n) is 7.16. The summed E-state index contributed by atoms with van der Waals surface area (Å²) >= 11 is 3.35. The Labute approximate surface area is 142 Å². The van der Waals surface area contributed by atoms with E-state index in [9.17, 15) is 9.59 Å². The molecule has 3 N–H and O–H groups in total. The Morgan fingerprint density at radius 2 is 1.91 bits per heavy atom. The first kappa shape index (κ1) is 15.6. The molecule has 1 aliphatic rings. The van der Waals surface area contributed by atoms with Gasteiger partial charge in [-0.15, -0.1) is 0 Å². The maximum atomic E-state index is 12.2. The fourth-order valence-corrected chi connectivity index (χ4v) is 2.85. The normalized spacial score (nSPS) is 19.0. The van der Waals surface area contributed by atoms with Crippen LogP contribution >= 0.6 is 15.9 Å². The topological polar surface area (TPSA) is 81.4 Å². The molecule has 1 saturated carbocycles. The standard InChI is InChI=1S/C17H15BrN2O3/c18-12-3-1-2-11(8-12)16(21)20-13-6-4-10(5-7-13)14-9-15(14)23-17(19)22/h1-8,14-15H,9H2,(H2,19,22)(H,20,21). The van der Waals surface area contributed by atoms with Crippen molar-refractivity contribution >= 4 is 33.6 Å². The van der Waals surface area contributed by atoms with Gasteiger partial charge in [0.15, 0.2) is 0 Å². The summed E-state index contributed by atoms with van der Waals surface area (Å²) in [5.41, 5.74) is 7.37. The third-order valence-electron chi connectivity index (χ3n) is 3.68. The lowest BCUT2D eigenvalue weighted by Crippen LogP contribution is -2.15. The van der Waals surface area contributed by atoms with Crippen LogP contribution in [0, 0.1) is 0 Å². The first-order chi connectivity index (χ1) is 11.0. The molecule has 2 aromatic rings. The van der Waals surface area contributed by atoms with Crippen LogP contribution in [-0.4, -0.2) is 18.1 Å². The average molecular weight is 375 g/mol. The molecule has 2 amide bonds. The molecule has 0 aromatic heterocycles. The van der Waals surface area contributed by atoms with E-state index in [4.69, 9.17) is 10.5 Å². The van der Waals surface area contributed by atoms with Gasteiger partial charge in [0.05, 0.1) is 0 Å². The lowest BCUT2D eigenvalue weighted by atomic mass is 10.1. The van der Waals surface area contributed by atoms with Crippen molar-refractivity contribution in [2.45, 2.75) is 18.4 Å². The van der Waals surface area contributed by atoms with Crippen LogP contribution in [0.5, 0.6) is 0 Å². The fourth-order valence-electron chi connectivity index (χ4n) is 2.45. The Balaban J connectivity index is 1.62. The van der Waals surface area contributed by atoms with Gasteiger partial charge < -0.3 is 15.8 Å². The second kappa shape index (κ2) is 6.42. The number of hydrogen-bond acceptors (Lipinski definition) is 3. The molecule has 0 spiro atoms. The van der Waals surface area contributed by atoms with Gasteiger partial charge in [-0.25, -0.2) is 4.79 Å². The number of carbonyl (C=O) groups is 2. The zero-order valence-corrected chi connectivity index (χ0v) is 13.7. The van der Waals surface area contributed by atoms with Crippen LogP contribution < -0.4 is 11.1 Å². The van der Waals surface area contributed by atoms with Gasteiger partial charge in [0.25, 0.3) is 5.91 Å². The zero-order chi connectivity index (χ0) is 16.4. The van der Waals surface area contributed by atoms with Crippen molar-refractivity contribution in [2.24, 2.45) is 5.73 Å². The molecule has 3 rings (SSSR count). The highest BCUT2D eigenvalue weighted by molar-refractivity contribution is 9.10. The number of rotatable bonds is 4. The molecule has 0 saturated heterocycles.